The highest BCUT2D eigenvalue weighted by Crippen LogP contribution is 2.18. The SMILES string of the molecule is Cc1cc(C(=O)NC(C)c2ccc(C)o2)cc(C(=O)N[C@@H](Cc2ccccc2)[C@H](O)CN[C@@H](C)c2ccccc2)c1. The van der Waals surface area contributed by atoms with E-state index in [0.29, 0.717) is 29.9 Å². The van der Waals surface area contributed by atoms with Crippen molar-refractivity contribution < 1.29 is 19.1 Å². The molecular formula is C34H39N3O4. The van der Waals surface area contributed by atoms with Gasteiger partial charge in [0, 0.05) is 23.7 Å². The molecule has 7 heteroatoms. The van der Waals surface area contributed by atoms with Gasteiger partial charge in [0.1, 0.15) is 11.5 Å². The van der Waals surface area contributed by atoms with Crippen molar-refractivity contribution in [3.05, 3.63) is 130 Å². The van der Waals surface area contributed by atoms with Crippen molar-refractivity contribution in [1.29, 1.82) is 0 Å². The van der Waals surface area contributed by atoms with Crippen LogP contribution in [0.4, 0.5) is 0 Å². The minimum absolute atomic E-state index is 0.0317. The zero-order chi connectivity index (χ0) is 29.4. The Morgan fingerprint density at radius 1 is 0.780 bits per heavy atom. The van der Waals surface area contributed by atoms with Gasteiger partial charge in [-0.15, -0.1) is 0 Å². The van der Waals surface area contributed by atoms with Crippen molar-refractivity contribution in [2.24, 2.45) is 0 Å². The van der Waals surface area contributed by atoms with E-state index in [1.807, 2.05) is 100 Å². The van der Waals surface area contributed by atoms with Gasteiger partial charge in [-0.25, -0.2) is 0 Å². The normalized spacial score (nSPS) is 14.1. The number of benzene rings is 3. The van der Waals surface area contributed by atoms with Crippen LogP contribution in [0.25, 0.3) is 0 Å². The van der Waals surface area contributed by atoms with Crippen LogP contribution in [0, 0.1) is 13.8 Å². The highest BCUT2D eigenvalue weighted by molar-refractivity contribution is 6.00. The van der Waals surface area contributed by atoms with Crippen molar-refractivity contribution in [2.45, 2.75) is 58.3 Å². The van der Waals surface area contributed by atoms with Crippen LogP contribution in [-0.2, 0) is 6.42 Å². The smallest absolute Gasteiger partial charge is 0.251 e. The molecule has 0 bridgehead atoms. The van der Waals surface area contributed by atoms with Crippen LogP contribution in [-0.4, -0.2) is 35.6 Å². The summed E-state index contributed by atoms with van der Waals surface area (Å²) in [6, 6.07) is 27.7. The topological polar surface area (TPSA) is 104 Å². The van der Waals surface area contributed by atoms with Crippen LogP contribution in [0.3, 0.4) is 0 Å². The summed E-state index contributed by atoms with van der Waals surface area (Å²) in [7, 11) is 0. The van der Waals surface area contributed by atoms with Crippen LogP contribution < -0.4 is 16.0 Å². The molecule has 0 radical (unpaired) electrons. The van der Waals surface area contributed by atoms with Gasteiger partial charge in [0.05, 0.1) is 18.2 Å². The van der Waals surface area contributed by atoms with Crippen molar-refractivity contribution in [2.75, 3.05) is 6.54 Å². The third kappa shape index (κ3) is 8.39. The van der Waals surface area contributed by atoms with Gasteiger partial charge in [-0.3, -0.25) is 9.59 Å². The number of aliphatic hydroxyl groups is 1. The molecule has 214 valence electrons. The molecule has 41 heavy (non-hydrogen) atoms. The van der Waals surface area contributed by atoms with Gasteiger partial charge >= 0.3 is 0 Å². The van der Waals surface area contributed by atoms with Gasteiger partial charge in [-0.1, -0.05) is 60.7 Å². The molecule has 4 aromatic rings. The number of carbonyl (C=O) groups excluding carboxylic acids is 2. The van der Waals surface area contributed by atoms with Gasteiger partial charge in [0.15, 0.2) is 0 Å². The molecule has 1 unspecified atom stereocenters. The third-order valence-electron chi connectivity index (χ3n) is 7.15. The van der Waals surface area contributed by atoms with Gasteiger partial charge in [-0.05, 0) is 81.1 Å². The second kappa shape index (κ2) is 13.9. The molecule has 1 aromatic heterocycles. The fourth-order valence-corrected chi connectivity index (χ4v) is 4.78. The van der Waals surface area contributed by atoms with Crippen molar-refractivity contribution in [3.63, 3.8) is 0 Å². The van der Waals surface area contributed by atoms with E-state index >= 15 is 0 Å². The molecule has 7 nitrogen and oxygen atoms in total. The predicted molar refractivity (Wildman–Crippen MR) is 161 cm³/mol. The van der Waals surface area contributed by atoms with Crippen LogP contribution in [0.1, 0.15) is 74.9 Å². The maximum Gasteiger partial charge on any atom is 0.251 e. The first-order valence-electron chi connectivity index (χ1n) is 14.0. The maximum atomic E-state index is 13.5. The average molecular weight is 554 g/mol. The first kappa shape index (κ1) is 29.8. The zero-order valence-corrected chi connectivity index (χ0v) is 24.1. The third-order valence-corrected chi connectivity index (χ3v) is 7.15. The lowest BCUT2D eigenvalue weighted by molar-refractivity contribution is 0.0825. The molecule has 0 aliphatic carbocycles. The summed E-state index contributed by atoms with van der Waals surface area (Å²) in [4.78, 5) is 26.6. The molecule has 0 aliphatic heterocycles. The highest BCUT2D eigenvalue weighted by Gasteiger charge is 2.24. The fraction of sp³-hybridized carbons (Fsp3) is 0.294. The Labute approximate surface area is 242 Å². The second-order valence-corrected chi connectivity index (χ2v) is 10.6. The summed E-state index contributed by atoms with van der Waals surface area (Å²) < 4.78 is 5.63. The molecule has 0 saturated heterocycles. The highest BCUT2D eigenvalue weighted by atomic mass is 16.3. The molecule has 0 saturated carbocycles. The van der Waals surface area contributed by atoms with Gasteiger partial charge < -0.3 is 25.5 Å². The molecular weight excluding hydrogens is 514 g/mol. The first-order chi connectivity index (χ1) is 19.7. The van der Waals surface area contributed by atoms with Crippen LogP contribution in [0.2, 0.25) is 0 Å². The first-order valence-corrected chi connectivity index (χ1v) is 14.0. The van der Waals surface area contributed by atoms with Crippen LogP contribution >= 0.6 is 0 Å². The molecule has 2 amide bonds. The Balaban J connectivity index is 1.47. The lowest BCUT2D eigenvalue weighted by Gasteiger charge is -2.26. The summed E-state index contributed by atoms with van der Waals surface area (Å²) >= 11 is 0. The van der Waals surface area contributed by atoms with E-state index in [-0.39, 0.29) is 23.9 Å². The molecule has 3 aromatic carbocycles. The second-order valence-electron chi connectivity index (χ2n) is 10.6. The minimum atomic E-state index is -0.851. The Morgan fingerprint density at radius 2 is 1.39 bits per heavy atom. The van der Waals surface area contributed by atoms with Gasteiger partial charge in [0.2, 0.25) is 0 Å². The lowest BCUT2D eigenvalue weighted by Crippen LogP contribution is -2.49. The van der Waals surface area contributed by atoms with Crippen molar-refractivity contribution in [3.8, 4) is 0 Å². The van der Waals surface area contributed by atoms with Crippen molar-refractivity contribution >= 4 is 11.8 Å². The number of furan rings is 1. The number of hydrogen-bond donors (Lipinski definition) is 4. The summed E-state index contributed by atoms with van der Waals surface area (Å²) in [6.07, 6.45) is -0.399. The van der Waals surface area contributed by atoms with E-state index < -0.39 is 12.1 Å². The zero-order valence-electron chi connectivity index (χ0n) is 24.1. The van der Waals surface area contributed by atoms with E-state index in [9.17, 15) is 14.7 Å². The maximum absolute atomic E-state index is 13.5. The summed E-state index contributed by atoms with van der Waals surface area (Å²) in [5, 5.41) is 20.6. The number of amides is 2. The van der Waals surface area contributed by atoms with Gasteiger partial charge in [-0.2, -0.15) is 0 Å². The average Bonchev–Trinajstić information content (AvgIpc) is 3.42. The van der Waals surface area contributed by atoms with Crippen molar-refractivity contribution in [1.82, 2.24) is 16.0 Å². The quantitative estimate of drug-likeness (QED) is 0.187. The van der Waals surface area contributed by atoms with E-state index in [4.69, 9.17) is 4.42 Å². The minimum Gasteiger partial charge on any atom is -0.464 e. The number of hydrogen-bond acceptors (Lipinski definition) is 5. The molecule has 4 rings (SSSR count). The number of carbonyl (C=O) groups is 2. The number of aryl methyl sites for hydroxylation is 2. The molecule has 1 heterocycles. The Morgan fingerprint density at radius 3 is 2.00 bits per heavy atom. The van der Waals surface area contributed by atoms with E-state index in [1.54, 1.807) is 18.2 Å². The monoisotopic (exact) mass is 553 g/mol. The number of rotatable bonds is 12. The standard InChI is InChI=1S/C34H39N3O4/c1-22-17-28(33(39)36-25(4)32-16-15-23(2)41-32)20-29(18-22)34(40)37-30(19-26-11-7-5-8-12-26)31(38)21-35-24(3)27-13-9-6-10-14-27/h5-18,20,24-25,30-31,35,38H,19,21H2,1-4H3,(H,36,39)(H,37,40)/t24-,25?,30-,31+/m0/s1. The largest absolute Gasteiger partial charge is 0.464 e. The summed E-state index contributed by atoms with van der Waals surface area (Å²) in [5.41, 5.74) is 3.63. The molecule has 4 N–H and O–H groups in total. The van der Waals surface area contributed by atoms with Crippen LogP contribution in [0.15, 0.2) is 95.4 Å². The Bertz CT molecular complexity index is 1430. The molecule has 0 aliphatic rings. The van der Waals surface area contributed by atoms with E-state index in [1.165, 1.54) is 0 Å². The molecule has 0 spiro atoms. The number of nitrogens with one attached hydrogen (secondary N) is 3. The number of aliphatic hydroxyl groups excluding tert-OH is 1. The van der Waals surface area contributed by atoms with E-state index in [2.05, 4.69) is 16.0 Å². The van der Waals surface area contributed by atoms with E-state index in [0.717, 1.165) is 22.5 Å². The van der Waals surface area contributed by atoms with Gasteiger partial charge in [0.25, 0.3) is 11.8 Å². The molecule has 4 atom stereocenters. The fourth-order valence-electron chi connectivity index (χ4n) is 4.78. The molecule has 0 fully saturated rings. The summed E-state index contributed by atoms with van der Waals surface area (Å²) in [6.45, 7) is 7.88. The Kier molecular flexibility index (Phi) is 10.1. The van der Waals surface area contributed by atoms with Crippen LogP contribution in [0.5, 0.6) is 0 Å². The summed E-state index contributed by atoms with van der Waals surface area (Å²) in [5.74, 6) is 0.778. The predicted octanol–water partition coefficient (Wildman–Crippen LogP) is 5.44. The Hall–Kier alpha value is -4.20. The lowest BCUT2D eigenvalue weighted by atomic mass is 9.99.